The first-order valence-corrected chi connectivity index (χ1v) is 11.7. The Hall–Kier alpha value is -2.54. The number of para-hydroxylation sites is 1. The van der Waals surface area contributed by atoms with Crippen molar-refractivity contribution in [3.63, 3.8) is 0 Å². The molecule has 0 atom stereocenters. The zero-order chi connectivity index (χ0) is 20.4. The van der Waals surface area contributed by atoms with Crippen LogP contribution < -0.4 is 9.62 Å². The standard InChI is InChI=1S/C22H27N3O3S/c1-2-12-23-22(26)24-14-11-17-9-10-20(15-19(17)16-24)29(27,28)25-13-5-7-18-6-3-4-8-21(18)25/h3-4,6,8-10,15H,2,5,7,11-14,16H2,1H3,(H,23,26). The van der Waals surface area contributed by atoms with Gasteiger partial charge in [-0.2, -0.15) is 0 Å². The van der Waals surface area contributed by atoms with Gasteiger partial charge in [0.2, 0.25) is 0 Å². The predicted molar refractivity (Wildman–Crippen MR) is 114 cm³/mol. The number of hydrogen-bond acceptors (Lipinski definition) is 3. The van der Waals surface area contributed by atoms with E-state index in [0.717, 1.165) is 48.1 Å². The van der Waals surface area contributed by atoms with Crippen molar-refractivity contribution < 1.29 is 13.2 Å². The molecule has 2 heterocycles. The van der Waals surface area contributed by atoms with Gasteiger partial charge in [-0.1, -0.05) is 31.2 Å². The molecule has 2 aromatic rings. The number of urea groups is 1. The Morgan fingerprint density at radius 3 is 2.69 bits per heavy atom. The molecule has 2 amide bonds. The molecule has 7 heteroatoms. The second-order valence-corrected chi connectivity index (χ2v) is 9.51. The number of anilines is 1. The molecule has 1 N–H and O–H groups in total. The van der Waals surface area contributed by atoms with E-state index in [2.05, 4.69) is 5.32 Å². The summed E-state index contributed by atoms with van der Waals surface area (Å²) in [6.45, 7) is 4.23. The van der Waals surface area contributed by atoms with E-state index in [1.54, 1.807) is 17.0 Å². The summed E-state index contributed by atoms with van der Waals surface area (Å²) in [4.78, 5) is 14.4. The minimum Gasteiger partial charge on any atom is -0.338 e. The van der Waals surface area contributed by atoms with E-state index < -0.39 is 10.0 Å². The lowest BCUT2D eigenvalue weighted by Crippen LogP contribution is -2.43. The van der Waals surface area contributed by atoms with Crippen LogP contribution in [0.5, 0.6) is 0 Å². The van der Waals surface area contributed by atoms with E-state index in [4.69, 9.17) is 0 Å². The molecule has 0 spiro atoms. The van der Waals surface area contributed by atoms with Crippen molar-refractivity contribution in [1.82, 2.24) is 10.2 Å². The minimum absolute atomic E-state index is 0.0873. The number of hydrogen-bond donors (Lipinski definition) is 1. The van der Waals surface area contributed by atoms with Gasteiger partial charge in [-0.05, 0) is 60.6 Å². The van der Waals surface area contributed by atoms with E-state index in [0.29, 0.717) is 31.1 Å². The van der Waals surface area contributed by atoms with E-state index >= 15 is 0 Å². The van der Waals surface area contributed by atoms with Crippen LogP contribution in [0.1, 0.15) is 36.5 Å². The summed E-state index contributed by atoms with van der Waals surface area (Å²) >= 11 is 0. The number of nitrogens with one attached hydrogen (secondary N) is 1. The number of carbonyl (C=O) groups excluding carboxylic acids is 1. The van der Waals surface area contributed by atoms with Gasteiger partial charge in [-0.15, -0.1) is 0 Å². The highest BCUT2D eigenvalue weighted by atomic mass is 32.2. The van der Waals surface area contributed by atoms with Crippen LogP contribution in [-0.4, -0.2) is 39.0 Å². The van der Waals surface area contributed by atoms with Crippen LogP contribution in [0.25, 0.3) is 0 Å². The van der Waals surface area contributed by atoms with Gasteiger partial charge in [0, 0.05) is 26.2 Å². The first-order chi connectivity index (χ1) is 14.0. The van der Waals surface area contributed by atoms with Crippen molar-refractivity contribution >= 4 is 21.7 Å². The van der Waals surface area contributed by atoms with Crippen LogP contribution in [0.15, 0.2) is 47.4 Å². The number of aryl methyl sites for hydroxylation is 1. The number of amides is 2. The van der Waals surface area contributed by atoms with Crippen molar-refractivity contribution in [3.05, 3.63) is 59.2 Å². The first-order valence-electron chi connectivity index (χ1n) is 10.3. The second kappa shape index (κ2) is 8.06. The van der Waals surface area contributed by atoms with Crippen LogP contribution in [0.4, 0.5) is 10.5 Å². The third kappa shape index (κ3) is 3.83. The average molecular weight is 414 g/mol. The van der Waals surface area contributed by atoms with E-state index in [-0.39, 0.29) is 6.03 Å². The van der Waals surface area contributed by atoms with Crippen LogP contribution in [0, 0.1) is 0 Å². The molecule has 0 aromatic heterocycles. The number of benzene rings is 2. The highest BCUT2D eigenvalue weighted by Crippen LogP contribution is 2.33. The Balaban J connectivity index is 1.62. The Morgan fingerprint density at radius 1 is 1.03 bits per heavy atom. The maximum absolute atomic E-state index is 13.4. The quantitative estimate of drug-likeness (QED) is 0.836. The number of nitrogens with zero attached hydrogens (tertiary/aromatic N) is 2. The molecule has 0 unspecified atom stereocenters. The number of rotatable bonds is 4. The maximum atomic E-state index is 13.4. The lowest BCUT2D eigenvalue weighted by Gasteiger charge is -2.32. The molecule has 0 saturated heterocycles. The van der Waals surface area contributed by atoms with Crippen LogP contribution in [0.2, 0.25) is 0 Å². The van der Waals surface area contributed by atoms with Crippen LogP contribution in [-0.2, 0) is 29.4 Å². The molecule has 0 aliphatic carbocycles. The van der Waals surface area contributed by atoms with E-state index in [1.165, 1.54) is 4.31 Å². The van der Waals surface area contributed by atoms with Gasteiger partial charge in [0.1, 0.15) is 0 Å². The number of carbonyl (C=O) groups is 1. The number of sulfonamides is 1. The van der Waals surface area contributed by atoms with Crippen molar-refractivity contribution in [2.24, 2.45) is 0 Å². The van der Waals surface area contributed by atoms with Gasteiger partial charge in [-0.3, -0.25) is 4.31 Å². The molecule has 6 nitrogen and oxygen atoms in total. The zero-order valence-electron chi connectivity index (χ0n) is 16.7. The fourth-order valence-electron chi connectivity index (χ4n) is 4.09. The lowest BCUT2D eigenvalue weighted by atomic mass is 10.0. The highest BCUT2D eigenvalue weighted by molar-refractivity contribution is 7.92. The molecule has 0 bridgehead atoms. The van der Waals surface area contributed by atoms with Gasteiger partial charge in [0.25, 0.3) is 10.0 Å². The van der Waals surface area contributed by atoms with E-state index in [9.17, 15) is 13.2 Å². The van der Waals surface area contributed by atoms with Gasteiger partial charge < -0.3 is 10.2 Å². The largest absolute Gasteiger partial charge is 0.338 e. The van der Waals surface area contributed by atoms with Crippen LogP contribution >= 0.6 is 0 Å². The summed E-state index contributed by atoms with van der Waals surface area (Å²) < 4.78 is 28.4. The number of fused-ring (bicyclic) bond motifs is 2. The third-order valence-electron chi connectivity index (χ3n) is 5.66. The van der Waals surface area contributed by atoms with E-state index in [1.807, 2.05) is 37.3 Å². The third-order valence-corrected chi connectivity index (χ3v) is 7.47. The fourth-order valence-corrected chi connectivity index (χ4v) is 5.68. The monoisotopic (exact) mass is 413 g/mol. The SMILES string of the molecule is CCCNC(=O)N1CCc2ccc(S(=O)(=O)N3CCCc4ccccc43)cc2C1. The molecule has 2 aromatic carbocycles. The minimum atomic E-state index is -3.65. The zero-order valence-corrected chi connectivity index (χ0v) is 17.5. The summed E-state index contributed by atoms with van der Waals surface area (Å²) in [5, 5.41) is 2.90. The first kappa shape index (κ1) is 19.8. The normalized spacial score (nSPS) is 16.2. The van der Waals surface area contributed by atoms with Gasteiger partial charge in [0.15, 0.2) is 0 Å². The summed E-state index contributed by atoms with van der Waals surface area (Å²) in [5.74, 6) is 0. The predicted octanol–water partition coefficient (Wildman–Crippen LogP) is 3.31. The molecule has 2 aliphatic rings. The summed E-state index contributed by atoms with van der Waals surface area (Å²) in [7, 11) is -3.65. The highest BCUT2D eigenvalue weighted by Gasteiger charge is 2.30. The molecule has 0 radical (unpaired) electrons. The Labute approximate surface area is 172 Å². The smallest absolute Gasteiger partial charge is 0.317 e. The molecule has 0 fully saturated rings. The Bertz CT molecular complexity index is 1020. The lowest BCUT2D eigenvalue weighted by molar-refractivity contribution is 0.192. The molecule has 0 saturated carbocycles. The second-order valence-electron chi connectivity index (χ2n) is 7.64. The van der Waals surface area contributed by atoms with Gasteiger partial charge >= 0.3 is 6.03 Å². The summed E-state index contributed by atoms with van der Waals surface area (Å²) in [5.41, 5.74) is 3.87. The molecule has 4 rings (SSSR count). The summed E-state index contributed by atoms with van der Waals surface area (Å²) in [6, 6.07) is 13.0. The van der Waals surface area contributed by atoms with Crippen molar-refractivity contribution in [2.45, 2.75) is 44.0 Å². The van der Waals surface area contributed by atoms with Crippen LogP contribution in [0.3, 0.4) is 0 Å². The van der Waals surface area contributed by atoms with Gasteiger partial charge in [0.05, 0.1) is 10.6 Å². The van der Waals surface area contributed by atoms with Gasteiger partial charge in [-0.25, -0.2) is 13.2 Å². The van der Waals surface area contributed by atoms with Crippen molar-refractivity contribution in [3.8, 4) is 0 Å². The molecule has 29 heavy (non-hydrogen) atoms. The fraction of sp³-hybridized carbons (Fsp3) is 0.409. The Morgan fingerprint density at radius 2 is 1.86 bits per heavy atom. The van der Waals surface area contributed by atoms with Crippen molar-refractivity contribution in [1.29, 1.82) is 0 Å². The molecular weight excluding hydrogens is 386 g/mol. The molecule has 2 aliphatic heterocycles. The molecular formula is C22H27N3O3S. The average Bonchev–Trinajstić information content (AvgIpc) is 2.76. The Kier molecular flexibility index (Phi) is 5.50. The topological polar surface area (TPSA) is 69.7 Å². The summed E-state index contributed by atoms with van der Waals surface area (Å²) in [6.07, 6.45) is 3.33. The molecule has 154 valence electrons. The van der Waals surface area contributed by atoms with Crippen molar-refractivity contribution in [2.75, 3.05) is 23.9 Å². The maximum Gasteiger partial charge on any atom is 0.317 e.